The normalized spacial score (nSPS) is 17.0. The number of carboxylic acids is 1. The Kier molecular flexibility index (Phi) is 8.84. The molecule has 0 radical (unpaired) electrons. The highest BCUT2D eigenvalue weighted by atomic mass is 19.1. The molecule has 1 fully saturated rings. The first-order valence-electron chi connectivity index (χ1n) is 12.7. The van der Waals surface area contributed by atoms with Crippen molar-refractivity contribution >= 4 is 23.5 Å². The Bertz CT molecular complexity index is 1280. The van der Waals surface area contributed by atoms with Gasteiger partial charge in [-0.25, -0.2) is 8.78 Å². The second-order valence-electron chi connectivity index (χ2n) is 9.69. The molecule has 1 aliphatic carbocycles. The minimum Gasteiger partial charge on any atom is -0.481 e. The maximum absolute atomic E-state index is 14.0. The van der Waals surface area contributed by atoms with Crippen molar-refractivity contribution in [3.63, 3.8) is 0 Å². The Labute approximate surface area is 220 Å². The third kappa shape index (κ3) is 7.25. The maximum Gasteiger partial charge on any atom is 0.303 e. The Morgan fingerprint density at radius 2 is 1.55 bits per heavy atom. The summed E-state index contributed by atoms with van der Waals surface area (Å²) in [5.41, 5.74) is 3.00. The summed E-state index contributed by atoms with van der Waals surface area (Å²) in [6, 6.07) is 17.3. The van der Waals surface area contributed by atoms with Crippen molar-refractivity contribution in [2.24, 2.45) is 5.92 Å². The van der Waals surface area contributed by atoms with Gasteiger partial charge in [0.15, 0.2) is 0 Å². The molecular weight excluding hydrogens is 490 g/mol. The highest BCUT2D eigenvalue weighted by Crippen LogP contribution is 2.37. The van der Waals surface area contributed by atoms with E-state index >= 15 is 0 Å². The summed E-state index contributed by atoms with van der Waals surface area (Å²) in [5.74, 6) is -1.99. The minimum absolute atomic E-state index is 0.0972. The van der Waals surface area contributed by atoms with Crippen molar-refractivity contribution in [3.05, 3.63) is 89.5 Å². The van der Waals surface area contributed by atoms with Crippen LogP contribution in [0.25, 0.3) is 11.1 Å². The first-order valence-corrected chi connectivity index (χ1v) is 12.7. The highest BCUT2D eigenvalue weighted by molar-refractivity contribution is 5.95. The van der Waals surface area contributed by atoms with Gasteiger partial charge < -0.3 is 15.7 Å². The van der Waals surface area contributed by atoms with Crippen LogP contribution < -0.4 is 10.6 Å². The summed E-state index contributed by atoms with van der Waals surface area (Å²) in [6.07, 6.45) is 4.10. The molecule has 8 heteroatoms. The first kappa shape index (κ1) is 27.0. The lowest BCUT2D eigenvalue weighted by Gasteiger charge is -2.28. The van der Waals surface area contributed by atoms with Gasteiger partial charge in [0.1, 0.15) is 11.6 Å². The van der Waals surface area contributed by atoms with Gasteiger partial charge in [-0.15, -0.1) is 0 Å². The van der Waals surface area contributed by atoms with Crippen molar-refractivity contribution in [1.82, 2.24) is 5.32 Å². The number of benzene rings is 3. The molecule has 1 aliphatic rings. The molecule has 3 aromatic carbocycles. The summed E-state index contributed by atoms with van der Waals surface area (Å²) in [7, 11) is 0. The van der Waals surface area contributed by atoms with E-state index in [0.717, 1.165) is 31.7 Å². The SMILES string of the molecule is O=C(O)C[C@H]1CC[C@H](c2ccc(NC(=O)CCNC(=O)c3ccc(-c4ccc(F)cc4F)cc3)cc2)CC1. The van der Waals surface area contributed by atoms with E-state index in [1.807, 2.05) is 24.3 Å². The number of carbonyl (C=O) groups excluding carboxylic acids is 2. The van der Waals surface area contributed by atoms with Crippen LogP contribution in [-0.2, 0) is 9.59 Å². The highest BCUT2D eigenvalue weighted by Gasteiger charge is 2.24. The lowest BCUT2D eigenvalue weighted by molar-refractivity contribution is -0.138. The van der Waals surface area contributed by atoms with Crippen LogP contribution in [0, 0.1) is 17.6 Å². The quantitative estimate of drug-likeness (QED) is 0.316. The number of carbonyl (C=O) groups is 3. The molecule has 0 unspecified atom stereocenters. The Hall–Kier alpha value is -4.07. The third-order valence-electron chi connectivity index (χ3n) is 7.00. The van der Waals surface area contributed by atoms with Crippen LogP contribution in [0.1, 0.15) is 60.4 Å². The topological polar surface area (TPSA) is 95.5 Å². The zero-order valence-electron chi connectivity index (χ0n) is 20.9. The van der Waals surface area contributed by atoms with Crippen LogP contribution in [0.15, 0.2) is 66.7 Å². The molecule has 0 aromatic heterocycles. The molecule has 1 saturated carbocycles. The van der Waals surface area contributed by atoms with Crippen LogP contribution in [0.4, 0.5) is 14.5 Å². The molecule has 2 amide bonds. The molecule has 0 heterocycles. The number of hydrogen-bond donors (Lipinski definition) is 3. The van der Waals surface area contributed by atoms with Gasteiger partial charge in [0.25, 0.3) is 5.91 Å². The Balaban J connectivity index is 1.20. The summed E-state index contributed by atoms with van der Waals surface area (Å²) < 4.78 is 27.1. The lowest BCUT2D eigenvalue weighted by atomic mass is 9.77. The van der Waals surface area contributed by atoms with E-state index in [-0.39, 0.29) is 42.7 Å². The van der Waals surface area contributed by atoms with Crippen molar-refractivity contribution in [2.45, 2.75) is 44.4 Å². The average molecular weight is 521 g/mol. The van der Waals surface area contributed by atoms with Crippen LogP contribution in [0.3, 0.4) is 0 Å². The van der Waals surface area contributed by atoms with Crippen molar-refractivity contribution in [1.29, 1.82) is 0 Å². The van der Waals surface area contributed by atoms with E-state index in [1.54, 1.807) is 24.3 Å². The molecule has 0 atom stereocenters. The molecule has 38 heavy (non-hydrogen) atoms. The second kappa shape index (κ2) is 12.4. The van der Waals surface area contributed by atoms with E-state index < -0.39 is 17.6 Å². The number of anilines is 1. The fraction of sp³-hybridized carbons (Fsp3) is 0.300. The van der Waals surface area contributed by atoms with Gasteiger partial charge in [-0.1, -0.05) is 24.3 Å². The zero-order chi connectivity index (χ0) is 27.1. The fourth-order valence-corrected chi connectivity index (χ4v) is 4.93. The van der Waals surface area contributed by atoms with Crippen molar-refractivity contribution < 1.29 is 28.3 Å². The molecule has 3 aromatic rings. The van der Waals surface area contributed by atoms with E-state index in [1.165, 1.54) is 17.7 Å². The molecule has 0 aliphatic heterocycles. The summed E-state index contributed by atoms with van der Waals surface area (Å²) >= 11 is 0. The summed E-state index contributed by atoms with van der Waals surface area (Å²) in [5, 5.41) is 14.5. The smallest absolute Gasteiger partial charge is 0.303 e. The molecule has 6 nitrogen and oxygen atoms in total. The van der Waals surface area contributed by atoms with Crippen LogP contribution in [0.2, 0.25) is 0 Å². The number of nitrogens with one attached hydrogen (secondary N) is 2. The fourth-order valence-electron chi connectivity index (χ4n) is 4.93. The molecule has 0 saturated heterocycles. The average Bonchev–Trinajstić information content (AvgIpc) is 2.89. The van der Waals surface area contributed by atoms with Gasteiger partial charge in [-0.05, 0) is 85.0 Å². The summed E-state index contributed by atoms with van der Waals surface area (Å²) in [6.45, 7) is 0.149. The number of halogens is 2. The standard InChI is InChI=1S/C30H30F2N2O4/c31-24-11-14-26(27(32)18-24)22-5-7-23(8-6-22)30(38)33-16-15-28(35)34-25-12-9-21(10-13-25)20-3-1-19(2-4-20)17-29(36)37/h5-14,18-20H,1-4,15-17H2,(H,33,38)(H,34,35)(H,36,37)/t19-,20-. The largest absolute Gasteiger partial charge is 0.481 e. The number of rotatable bonds is 9. The van der Waals surface area contributed by atoms with E-state index in [4.69, 9.17) is 5.11 Å². The van der Waals surface area contributed by atoms with E-state index in [0.29, 0.717) is 22.7 Å². The second-order valence-corrected chi connectivity index (χ2v) is 9.69. The van der Waals surface area contributed by atoms with Crippen LogP contribution >= 0.6 is 0 Å². The lowest BCUT2D eigenvalue weighted by Crippen LogP contribution is -2.27. The Morgan fingerprint density at radius 3 is 2.18 bits per heavy atom. The molecule has 3 N–H and O–H groups in total. The van der Waals surface area contributed by atoms with Gasteiger partial charge >= 0.3 is 5.97 Å². The van der Waals surface area contributed by atoms with Crippen molar-refractivity contribution in [2.75, 3.05) is 11.9 Å². The van der Waals surface area contributed by atoms with Gasteiger partial charge in [0.05, 0.1) is 0 Å². The van der Waals surface area contributed by atoms with Gasteiger partial charge in [0, 0.05) is 42.3 Å². The first-order chi connectivity index (χ1) is 18.3. The number of carboxylic acid groups (broad SMARTS) is 1. The number of aliphatic carboxylic acids is 1. The predicted octanol–water partition coefficient (Wildman–Crippen LogP) is 6.14. The number of amides is 2. The maximum atomic E-state index is 14.0. The molecule has 0 bridgehead atoms. The molecular formula is C30H30F2N2O4. The monoisotopic (exact) mass is 520 g/mol. The van der Waals surface area contributed by atoms with E-state index in [9.17, 15) is 23.2 Å². The van der Waals surface area contributed by atoms with Crippen LogP contribution in [0.5, 0.6) is 0 Å². The minimum atomic E-state index is -0.733. The summed E-state index contributed by atoms with van der Waals surface area (Å²) in [4.78, 5) is 35.6. The van der Waals surface area contributed by atoms with E-state index in [2.05, 4.69) is 10.6 Å². The predicted molar refractivity (Wildman–Crippen MR) is 141 cm³/mol. The van der Waals surface area contributed by atoms with Crippen LogP contribution in [-0.4, -0.2) is 29.4 Å². The molecule has 198 valence electrons. The third-order valence-corrected chi connectivity index (χ3v) is 7.00. The van der Waals surface area contributed by atoms with Crippen molar-refractivity contribution in [3.8, 4) is 11.1 Å². The molecule has 0 spiro atoms. The van der Waals surface area contributed by atoms with Gasteiger partial charge in [-0.3, -0.25) is 14.4 Å². The Morgan fingerprint density at radius 1 is 0.868 bits per heavy atom. The van der Waals surface area contributed by atoms with Gasteiger partial charge in [0.2, 0.25) is 5.91 Å². The number of hydrogen-bond acceptors (Lipinski definition) is 3. The molecule has 4 rings (SSSR count). The zero-order valence-corrected chi connectivity index (χ0v) is 20.9. The van der Waals surface area contributed by atoms with Gasteiger partial charge in [-0.2, -0.15) is 0 Å².